The predicted molar refractivity (Wildman–Crippen MR) is 90.5 cm³/mol. The highest BCUT2D eigenvalue weighted by Crippen LogP contribution is 2.29. The number of benzene rings is 2. The molecule has 1 aliphatic rings. The molecule has 6 heteroatoms. The first-order valence-electron chi connectivity index (χ1n) is 6.87. The van der Waals surface area contributed by atoms with Gasteiger partial charge >= 0.3 is 0 Å². The van der Waals surface area contributed by atoms with E-state index in [1.54, 1.807) is 4.90 Å². The SMILES string of the molecule is O=C(c1ccc(F)cc1I)N1CCn2c1nc1ccccc12. The zero-order valence-electron chi connectivity index (χ0n) is 11.5. The highest BCUT2D eigenvalue weighted by atomic mass is 127. The Balaban J connectivity index is 1.78. The number of carbonyl (C=O) groups excluding carboxylic acids is 1. The van der Waals surface area contributed by atoms with E-state index in [4.69, 9.17) is 0 Å². The molecule has 0 unspecified atom stereocenters. The molecule has 110 valence electrons. The normalized spacial score (nSPS) is 13.6. The average Bonchev–Trinajstić information content (AvgIpc) is 3.05. The minimum absolute atomic E-state index is 0.140. The number of imidazole rings is 1. The van der Waals surface area contributed by atoms with E-state index < -0.39 is 0 Å². The molecule has 0 N–H and O–H groups in total. The Kier molecular flexibility index (Phi) is 3.14. The number of anilines is 1. The summed E-state index contributed by atoms with van der Waals surface area (Å²) < 4.78 is 15.9. The van der Waals surface area contributed by atoms with Crippen LogP contribution in [-0.4, -0.2) is 22.0 Å². The summed E-state index contributed by atoms with van der Waals surface area (Å²) in [6.07, 6.45) is 0. The lowest BCUT2D eigenvalue weighted by Gasteiger charge is -2.15. The molecule has 2 heterocycles. The third kappa shape index (κ3) is 2.01. The molecule has 0 atom stereocenters. The maximum atomic E-state index is 13.2. The van der Waals surface area contributed by atoms with Crippen LogP contribution in [0.3, 0.4) is 0 Å². The molecule has 4 nitrogen and oxygen atoms in total. The fraction of sp³-hybridized carbons (Fsp3) is 0.125. The molecule has 0 fully saturated rings. The van der Waals surface area contributed by atoms with Crippen LogP contribution in [0.2, 0.25) is 0 Å². The van der Waals surface area contributed by atoms with Gasteiger partial charge in [-0.2, -0.15) is 0 Å². The zero-order valence-corrected chi connectivity index (χ0v) is 13.6. The van der Waals surface area contributed by atoms with Gasteiger partial charge in [0, 0.05) is 16.7 Å². The number of carbonyl (C=O) groups is 1. The maximum absolute atomic E-state index is 13.2. The summed E-state index contributed by atoms with van der Waals surface area (Å²) in [5, 5.41) is 0. The van der Waals surface area contributed by atoms with E-state index >= 15 is 0 Å². The van der Waals surface area contributed by atoms with Crippen molar-refractivity contribution in [2.45, 2.75) is 6.54 Å². The van der Waals surface area contributed by atoms with Crippen molar-refractivity contribution in [2.24, 2.45) is 0 Å². The number of amides is 1. The van der Waals surface area contributed by atoms with Crippen LogP contribution in [0.15, 0.2) is 42.5 Å². The van der Waals surface area contributed by atoms with Gasteiger partial charge in [-0.1, -0.05) is 12.1 Å². The molecule has 2 aromatic carbocycles. The Bertz CT molecular complexity index is 906. The van der Waals surface area contributed by atoms with Crippen molar-refractivity contribution in [3.8, 4) is 0 Å². The van der Waals surface area contributed by atoms with Gasteiger partial charge in [-0.25, -0.2) is 9.37 Å². The van der Waals surface area contributed by atoms with Gasteiger partial charge in [0.15, 0.2) is 0 Å². The molecule has 0 aliphatic carbocycles. The third-order valence-electron chi connectivity index (χ3n) is 3.83. The standard InChI is InChI=1S/C16H11FIN3O/c17-10-5-6-11(12(18)9-10)15(22)21-8-7-20-14-4-2-1-3-13(14)19-16(20)21/h1-6,9H,7-8H2. The molecule has 0 saturated heterocycles. The van der Waals surface area contributed by atoms with E-state index in [1.165, 1.54) is 18.2 Å². The van der Waals surface area contributed by atoms with E-state index in [-0.39, 0.29) is 11.7 Å². The topological polar surface area (TPSA) is 38.1 Å². The van der Waals surface area contributed by atoms with Crippen LogP contribution in [0.25, 0.3) is 11.0 Å². The maximum Gasteiger partial charge on any atom is 0.261 e. The lowest BCUT2D eigenvalue weighted by Crippen LogP contribution is -2.30. The predicted octanol–water partition coefficient (Wildman–Crippen LogP) is 3.44. The Morgan fingerprint density at radius 2 is 2.00 bits per heavy atom. The third-order valence-corrected chi connectivity index (χ3v) is 4.72. The largest absolute Gasteiger partial charge is 0.308 e. The molecule has 4 rings (SSSR count). The zero-order chi connectivity index (χ0) is 15.3. The minimum Gasteiger partial charge on any atom is -0.308 e. The molecule has 1 aliphatic heterocycles. The molecule has 22 heavy (non-hydrogen) atoms. The van der Waals surface area contributed by atoms with Crippen molar-refractivity contribution >= 4 is 45.5 Å². The van der Waals surface area contributed by atoms with Crippen molar-refractivity contribution in [1.82, 2.24) is 9.55 Å². The second-order valence-corrected chi connectivity index (χ2v) is 6.30. The Morgan fingerprint density at radius 1 is 1.18 bits per heavy atom. The van der Waals surface area contributed by atoms with Crippen molar-refractivity contribution in [3.05, 3.63) is 57.4 Å². The molecular weight excluding hydrogens is 396 g/mol. The van der Waals surface area contributed by atoms with Gasteiger partial charge in [-0.05, 0) is 52.9 Å². The van der Waals surface area contributed by atoms with Gasteiger partial charge in [-0.15, -0.1) is 0 Å². The van der Waals surface area contributed by atoms with Gasteiger partial charge in [0.25, 0.3) is 5.91 Å². The molecule has 0 bridgehead atoms. The Morgan fingerprint density at radius 3 is 2.82 bits per heavy atom. The van der Waals surface area contributed by atoms with Crippen LogP contribution < -0.4 is 4.90 Å². The summed E-state index contributed by atoms with van der Waals surface area (Å²) in [5.74, 6) is 0.180. The molecule has 1 amide bonds. The number of para-hydroxylation sites is 2. The van der Waals surface area contributed by atoms with Gasteiger partial charge in [0.1, 0.15) is 5.82 Å². The molecule has 3 aromatic rings. The fourth-order valence-electron chi connectivity index (χ4n) is 2.79. The van der Waals surface area contributed by atoms with Crippen LogP contribution in [0.5, 0.6) is 0 Å². The molecule has 0 saturated carbocycles. The van der Waals surface area contributed by atoms with Crippen molar-refractivity contribution < 1.29 is 9.18 Å². The summed E-state index contributed by atoms with van der Waals surface area (Å²) in [4.78, 5) is 19.0. The highest BCUT2D eigenvalue weighted by Gasteiger charge is 2.29. The average molecular weight is 407 g/mol. The monoisotopic (exact) mass is 407 g/mol. The van der Waals surface area contributed by atoms with Crippen LogP contribution >= 0.6 is 22.6 Å². The van der Waals surface area contributed by atoms with E-state index in [1.807, 2.05) is 51.4 Å². The van der Waals surface area contributed by atoms with Crippen LogP contribution in [0, 0.1) is 9.39 Å². The van der Waals surface area contributed by atoms with Gasteiger partial charge in [-0.3, -0.25) is 9.69 Å². The summed E-state index contributed by atoms with van der Waals surface area (Å²) in [5.41, 5.74) is 2.41. The first-order valence-corrected chi connectivity index (χ1v) is 7.95. The number of nitrogens with zero attached hydrogens (tertiary/aromatic N) is 3. The summed E-state index contributed by atoms with van der Waals surface area (Å²) in [7, 11) is 0. The van der Waals surface area contributed by atoms with Crippen LogP contribution in [-0.2, 0) is 6.54 Å². The molecular formula is C16H11FIN3O. The first kappa shape index (κ1) is 13.7. The number of hydrogen-bond donors (Lipinski definition) is 0. The lowest BCUT2D eigenvalue weighted by molar-refractivity contribution is 0.0988. The van der Waals surface area contributed by atoms with E-state index in [9.17, 15) is 9.18 Å². The fourth-order valence-corrected chi connectivity index (χ4v) is 3.50. The van der Waals surface area contributed by atoms with Crippen LogP contribution in [0.4, 0.5) is 10.3 Å². The Labute approximate surface area is 139 Å². The smallest absolute Gasteiger partial charge is 0.261 e. The van der Waals surface area contributed by atoms with Gasteiger partial charge < -0.3 is 4.57 Å². The van der Waals surface area contributed by atoms with Crippen LogP contribution in [0.1, 0.15) is 10.4 Å². The number of hydrogen-bond acceptors (Lipinski definition) is 2. The van der Waals surface area contributed by atoms with Crippen molar-refractivity contribution in [3.63, 3.8) is 0 Å². The number of halogens is 2. The quantitative estimate of drug-likeness (QED) is 0.580. The number of rotatable bonds is 1. The second kappa shape index (κ2) is 5.05. The van der Waals surface area contributed by atoms with Crippen molar-refractivity contribution in [1.29, 1.82) is 0 Å². The first-order chi connectivity index (χ1) is 10.6. The molecule has 0 spiro atoms. The molecule has 1 aromatic heterocycles. The van der Waals surface area contributed by atoms with E-state index in [0.717, 1.165) is 17.6 Å². The second-order valence-electron chi connectivity index (χ2n) is 5.13. The Hall–Kier alpha value is -1.96. The van der Waals surface area contributed by atoms with Crippen molar-refractivity contribution in [2.75, 3.05) is 11.4 Å². The summed E-state index contributed by atoms with van der Waals surface area (Å²) in [6, 6.07) is 12.0. The van der Waals surface area contributed by atoms with Gasteiger partial charge in [0.2, 0.25) is 5.95 Å². The summed E-state index contributed by atoms with van der Waals surface area (Å²) >= 11 is 1.99. The van der Waals surface area contributed by atoms with Gasteiger partial charge in [0.05, 0.1) is 16.6 Å². The van der Waals surface area contributed by atoms with E-state index in [2.05, 4.69) is 4.98 Å². The number of aromatic nitrogens is 2. The number of fused-ring (bicyclic) bond motifs is 3. The highest BCUT2D eigenvalue weighted by molar-refractivity contribution is 14.1. The lowest BCUT2D eigenvalue weighted by atomic mass is 10.2. The molecule has 0 radical (unpaired) electrons. The summed E-state index contributed by atoms with van der Waals surface area (Å²) in [6.45, 7) is 1.30. The minimum atomic E-state index is -0.338. The van der Waals surface area contributed by atoms with E-state index in [0.29, 0.717) is 21.6 Å².